The van der Waals surface area contributed by atoms with Crippen molar-refractivity contribution in [1.29, 1.82) is 0 Å². The number of aryl methyl sites for hydroxylation is 2. The summed E-state index contributed by atoms with van der Waals surface area (Å²) in [6.07, 6.45) is 2.02. The summed E-state index contributed by atoms with van der Waals surface area (Å²) in [7, 11) is 0. The SMILES string of the molecule is Cc1ccc(-n2c(N)c(C(=O)NC[C@H]3CCCO3)c3nc4ccccc4nc32)cc1C. The molecule has 0 bridgehead atoms. The average Bonchev–Trinajstić information content (AvgIpc) is 3.38. The third kappa shape index (κ3) is 3.41. The molecule has 0 unspecified atom stereocenters. The Morgan fingerprint density at radius 1 is 1.16 bits per heavy atom. The number of benzene rings is 2. The number of fused-ring (bicyclic) bond motifs is 2. The van der Waals surface area contributed by atoms with E-state index in [4.69, 9.17) is 20.4 Å². The van der Waals surface area contributed by atoms with Crippen LogP contribution in [0.15, 0.2) is 42.5 Å². The molecule has 1 fully saturated rings. The van der Waals surface area contributed by atoms with Gasteiger partial charge in [0.15, 0.2) is 5.65 Å². The molecule has 0 radical (unpaired) electrons. The lowest BCUT2D eigenvalue weighted by Crippen LogP contribution is -2.32. The summed E-state index contributed by atoms with van der Waals surface area (Å²) in [5.74, 6) is 0.0727. The van der Waals surface area contributed by atoms with E-state index in [1.54, 1.807) is 0 Å². The average molecular weight is 415 g/mol. The topological polar surface area (TPSA) is 95.1 Å². The fourth-order valence-corrected chi connectivity index (χ4v) is 4.11. The number of anilines is 1. The van der Waals surface area contributed by atoms with E-state index < -0.39 is 0 Å². The third-order valence-corrected chi connectivity index (χ3v) is 5.99. The number of para-hydroxylation sites is 2. The Morgan fingerprint density at radius 3 is 2.65 bits per heavy atom. The first-order valence-corrected chi connectivity index (χ1v) is 10.6. The van der Waals surface area contributed by atoms with E-state index >= 15 is 0 Å². The van der Waals surface area contributed by atoms with Crippen molar-refractivity contribution in [2.45, 2.75) is 32.8 Å². The summed E-state index contributed by atoms with van der Waals surface area (Å²) < 4.78 is 7.46. The zero-order valence-electron chi connectivity index (χ0n) is 17.7. The van der Waals surface area contributed by atoms with Crippen LogP contribution >= 0.6 is 0 Å². The lowest BCUT2D eigenvalue weighted by Gasteiger charge is -2.12. The summed E-state index contributed by atoms with van der Waals surface area (Å²) in [5.41, 5.74) is 12.6. The molecule has 3 heterocycles. The van der Waals surface area contributed by atoms with Gasteiger partial charge in [0, 0.05) is 18.8 Å². The molecule has 31 heavy (non-hydrogen) atoms. The van der Waals surface area contributed by atoms with E-state index in [0.29, 0.717) is 29.1 Å². The maximum absolute atomic E-state index is 13.2. The molecule has 158 valence electrons. The van der Waals surface area contributed by atoms with Crippen LogP contribution in [0, 0.1) is 13.8 Å². The first-order chi connectivity index (χ1) is 15.0. The van der Waals surface area contributed by atoms with Crippen molar-refractivity contribution in [2.24, 2.45) is 0 Å². The Bertz CT molecular complexity index is 1300. The van der Waals surface area contributed by atoms with Crippen molar-refractivity contribution >= 4 is 33.9 Å². The van der Waals surface area contributed by atoms with E-state index in [1.807, 2.05) is 41.0 Å². The van der Waals surface area contributed by atoms with Gasteiger partial charge in [-0.3, -0.25) is 9.36 Å². The first kappa shape index (κ1) is 19.5. The van der Waals surface area contributed by atoms with Gasteiger partial charge in [0.1, 0.15) is 16.9 Å². The highest BCUT2D eigenvalue weighted by Crippen LogP contribution is 2.31. The Balaban J connectivity index is 1.68. The van der Waals surface area contributed by atoms with Gasteiger partial charge in [-0.25, -0.2) is 9.97 Å². The van der Waals surface area contributed by atoms with Gasteiger partial charge in [0.2, 0.25) is 0 Å². The molecule has 7 nitrogen and oxygen atoms in total. The van der Waals surface area contributed by atoms with Gasteiger partial charge in [-0.15, -0.1) is 0 Å². The van der Waals surface area contributed by atoms with Crippen LogP contribution in [-0.4, -0.2) is 39.7 Å². The van der Waals surface area contributed by atoms with Crippen LogP contribution in [0.5, 0.6) is 0 Å². The number of amides is 1. The fraction of sp³-hybridized carbons (Fsp3) is 0.292. The number of hydrogen-bond acceptors (Lipinski definition) is 5. The van der Waals surface area contributed by atoms with Crippen LogP contribution in [0.1, 0.15) is 34.3 Å². The zero-order chi connectivity index (χ0) is 21.5. The molecule has 1 atom stereocenters. The minimum Gasteiger partial charge on any atom is -0.384 e. The highest BCUT2D eigenvalue weighted by molar-refractivity contribution is 6.11. The van der Waals surface area contributed by atoms with Crippen LogP contribution in [0.4, 0.5) is 5.82 Å². The fourth-order valence-electron chi connectivity index (χ4n) is 4.11. The molecular weight excluding hydrogens is 390 g/mol. The number of aromatic nitrogens is 3. The van der Waals surface area contributed by atoms with E-state index in [2.05, 4.69) is 25.2 Å². The lowest BCUT2D eigenvalue weighted by atomic mass is 10.1. The van der Waals surface area contributed by atoms with E-state index in [9.17, 15) is 4.79 Å². The number of nitrogen functional groups attached to an aromatic ring is 1. The van der Waals surface area contributed by atoms with Crippen molar-refractivity contribution in [2.75, 3.05) is 18.9 Å². The highest BCUT2D eigenvalue weighted by atomic mass is 16.5. The van der Waals surface area contributed by atoms with Crippen LogP contribution in [0.2, 0.25) is 0 Å². The predicted octanol–water partition coefficient (Wildman–Crippen LogP) is 3.68. The van der Waals surface area contributed by atoms with E-state index in [0.717, 1.165) is 41.7 Å². The molecule has 2 aromatic heterocycles. The molecule has 2 aromatic carbocycles. The quantitative estimate of drug-likeness (QED) is 0.530. The minimum atomic E-state index is -0.259. The zero-order valence-corrected chi connectivity index (χ0v) is 17.7. The number of nitrogens with two attached hydrogens (primary N) is 1. The van der Waals surface area contributed by atoms with Crippen LogP contribution in [-0.2, 0) is 4.74 Å². The number of carbonyl (C=O) groups is 1. The molecule has 0 saturated carbocycles. The molecule has 1 amide bonds. The van der Waals surface area contributed by atoms with Crippen molar-refractivity contribution < 1.29 is 9.53 Å². The van der Waals surface area contributed by atoms with Crippen molar-refractivity contribution in [1.82, 2.24) is 19.9 Å². The Labute approximate surface area is 180 Å². The van der Waals surface area contributed by atoms with Gasteiger partial charge < -0.3 is 15.8 Å². The first-order valence-electron chi connectivity index (χ1n) is 10.6. The Kier molecular flexibility index (Phi) is 4.82. The smallest absolute Gasteiger partial charge is 0.257 e. The Morgan fingerprint density at radius 2 is 1.94 bits per heavy atom. The summed E-state index contributed by atoms with van der Waals surface area (Å²) in [6, 6.07) is 13.7. The molecule has 1 saturated heterocycles. The maximum Gasteiger partial charge on any atom is 0.257 e. The van der Waals surface area contributed by atoms with E-state index in [1.165, 1.54) is 5.56 Å². The number of ether oxygens (including phenoxy) is 1. The largest absolute Gasteiger partial charge is 0.384 e. The van der Waals surface area contributed by atoms with Gasteiger partial charge in [0.05, 0.1) is 17.1 Å². The summed E-state index contributed by atoms with van der Waals surface area (Å²) in [5, 5.41) is 2.98. The second kappa shape index (κ2) is 7.67. The van der Waals surface area contributed by atoms with E-state index in [-0.39, 0.29) is 12.0 Å². The van der Waals surface area contributed by atoms with Crippen LogP contribution in [0.25, 0.3) is 27.9 Å². The predicted molar refractivity (Wildman–Crippen MR) is 122 cm³/mol. The lowest BCUT2D eigenvalue weighted by molar-refractivity contribution is 0.0859. The summed E-state index contributed by atoms with van der Waals surface area (Å²) in [6.45, 7) is 5.31. The summed E-state index contributed by atoms with van der Waals surface area (Å²) in [4.78, 5) is 22.8. The molecular formula is C24H25N5O2. The molecule has 7 heteroatoms. The molecule has 4 aromatic rings. The number of hydrogen-bond donors (Lipinski definition) is 2. The van der Waals surface area contributed by atoms with Gasteiger partial charge in [-0.2, -0.15) is 0 Å². The molecule has 0 spiro atoms. The minimum absolute atomic E-state index is 0.0465. The monoisotopic (exact) mass is 415 g/mol. The second-order valence-corrected chi connectivity index (χ2v) is 8.09. The normalized spacial score (nSPS) is 16.3. The van der Waals surface area contributed by atoms with Crippen LogP contribution in [0.3, 0.4) is 0 Å². The van der Waals surface area contributed by atoms with Gasteiger partial charge in [-0.1, -0.05) is 18.2 Å². The summed E-state index contributed by atoms with van der Waals surface area (Å²) >= 11 is 0. The van der Waals surface area contributed by atoms with Gasteiger partial charge in [-0.05, 0) is 62.1 Å². The number of rotatable bonds is 4. The third-order valence-electron chi connectivity index (χ3n) is 5.99. The molecule has 3 N–H and O–H groups in total. The van der Waals surface area contributed by atoms with Gasteiger partial charge >= 0.3 is 0 Å². The number of carbonyl (C=O) groups excluding carboxylic acids is 1. The molecule has 0 aliphatic carbocycles. The number of nitrogens with zero attached hydrogens (tertiary/aromatic N) is 3. The maximum atomic E-state index is 13.2. The van der Waals surface area contributed by atoms with Crippen molar-refractivity contribution in [3.8, 4) is 5.69 Å². The van der Waals surface area contributed by atoms with Crippen molar-refractivity contribution in [3.63, 3.8) is 0 Å². The van der Waals surface area contributed by atoms with Crippen molar-refractivity contribution in [3.05, 3.63) is 59.2 Å². The number of nitrogens with one attached hydrogen (secondary N) is 1. The molecule has 1 aliphatic rings. The Hall–Kier alpha value is -3.45. The molecule has 1 aliphatic heterocycles. The standard InChI is InChI=1S/C24H25N5O2/c1-14-9-10-16(12-15(14)2)29-22(25)20(24(30)26-13-17-6-5-11-31-17)21-23(29)28-19-8-4-3-7-18(19)27-21/h3-4,7-10,12,17H,5-6,11,13,25H2,1-2H3,(H,26,30)/t17-/m1/s1. The molecule has 5 rings (SSSR count). The highest BCUT2D eigenvalue weighted by Gasteiger charge is 2.26. The van der Waals surface area contributed by atoms with Crippen LogP contribution < -0.4 is 11.1 Å². The van der Waals surface area contributed by atoms with Gasteiger partial charge in [0.25, 0.3) is 5.91 Å². The second-order valence-electron chi connectivity index (χ2n) is 8.09.